The summed E-state index contributed by atoms with van der Waals surface area (Å²) in [6.45, 7) is -1.61. The first-order chi connectivity index (χ1) is 8.78. The lowest BCUT2D eigenvalue weighted by Crippen LogP contribution is -2.35. The zero-order valence-corrected chi connectivity index (χ0v) is 11.9. The van der Waals surface area contributed by atoms with E-state index in [0.717, 1.165) is 5.56 Å². The molecule has 0 fully saturated rings. The van der Waals surface area contributed by atoms with Crippen LogP contribution in [0.3, 0.4) is 0 Å². The average Bonchev–Trinajstić information content (AvgIpc) is 2.34. The summed E-state index contributed by atoms with van der Waals surface area (Å²) in [5.74, 6) is -1.05. The third-order valence-corrected chi connectivity index (χ3v) is 2.59. The monoisotopic (exact) mass is 331 g/mol. The number of nitrogens with two attached hydrogens (primary N) is 1. The van der Waals surface area contributed by atoms with Gasteiger partial charge < -0.3 is 10.5 Å². The molecule has 2 N–H and O–H groups in total. The molecule has 0 saturated heterocycles. The quantitative estimate of drug-likeness (QED) is 0.843. The number of carbonyl (C=O) groups excluding carboxylic acids is 1. The van der Waals surface area contributed by atoms with Crippen molar-refractivity contribution in [3.05, 3.63) is 34.9 Å². The molecule has 3 nitrogen and oxygen atoms in total. The highest BCUT2D eigenvalue weighted by Gasteiger charge is 2.30. The topological polar surface area (TPSA) is 52.3 Å². The highest BCUT2D eigenvalue weighted by molar-refractivity contribution is 6.30. The van der Waals surface area contributed by atoms with Gasteiger partial charge >= 0.3 is 12.1 Å². The Hall–Kier alpha value is -0.980. The van der Waals surface area contributed by atoms with E-state index in [1.165, 1.54) is 0 Å². The number of benzene rings is 1. The van der Waals surface area contributed by atoms with Gasteiger partial charge in [0.15, 0.2) is 6.61 Å². The summed E-state index contributed by atoms with van der Waals surface area (Å²) >= 11 is 5.70. The van der Waals surface area contributed by atoms with Crippen LogP contribution in [0.25, 0.3) is 0 Å². The molecule has 0 bridgehead atoms. The molecule has 0 aliphatic heterocycles. The van der Waals surface area contributed by atoms with Crippen LogP contribution in [0.4, 0.5) is 13.2 Å². The number of alkyl halides is 3. The Balaban J connectivity index is 0.00000361. The molecule has 0 saturated carbocycles. The lowest BCUT2D eigenvalue weighted by molar-refractivity contribution is -0.187. The summed E-state index contributed by atoms with van der Waals surface area (Å²) in [5, 5.41) is 0.581. The van der Waals surface area contributed by atoms with E-state index < -0.39 is 24.8 Å². The first-order valence-electron chi connectivity index (χ1n) is 5.51. The van der Waals surface area contributed by atoms with Crippen molar-refractivity contribution in [2.75, 3.05) is 6.61 Å². The van der Waals surface area contributed by atoms with Crippen LogP contribution in [0, 0.1) is 0 Å². The number of hydrogen-bond acceptors (Lipinski definition) is 3. The molecule has 0 aliphatic carbocycles. The molecule has 8 heteroatoms. The Bertz CT molecular complexity index is 424. The summed E-state index contributed by atoms with van der Waals surface area (Å²) in [6, 6.07) is 5.82. The molecule has 1 atom stereocenters. The largest absolute Gasteiger partial charge is 0.455 e. The van der Waals surface area contributed by atoms with Crippen molar-refractivity contribution < 1.29 is 22.7 Å². The lowest BCUT2D eigenvalue weighted by atomic mass is 10.1. The molecule has 1 rings (SSSR count). The number of esters is 1. The lowest BCUT2D eigenvalue weighted by Gasteiger charge is -2.12. The zero-order chi connectivity index (χ0) is 14.5. The predicted molar refractivity (Wildman–Crippen MR) is 72.0 cm³/mol. The van der Waals surface area contributed by atoms with Crippen LogP contribution in [0.1, 0.15) is 12.0 Å². The van der Waals surface area contributed by atoms with Crippen molar-refractivity contribution in [3.8, 4) is 0 Å². The minimum Gasteiger partial charge on any atom is -0.455 e. The van der Waals surface area contributed by atoms with Crippen molar-refractivity contribution in [1.29, 1.82) is 0 Å². The van der Waals surface area contributed by atoms with Crippen LogP contribution >= 0.6 is 24.0 Å². The van der Waals surface area contributed by atoms with Crippen LogP contribution in [-0.2, 0) is 16.0 Å². The summed E-state index contributed by atoms with van der Waals surface area (Å²) in [7, 11) is 0. The van der Waals surface area contributed by atoms with Gasteiger partial charge in [-0.2, -0.15) is 13.2 Å². The smallest absolute Gasteiger partial charge is 0.422 e. The summed E-state index contributed by atoms with van der Waals surface area (Å²) in [6.07, 6.45) is -3.87. The van der Waals surface area contributed by atoms with Crippen LogP contribution in [0.5, 0.6) is 0 Å². The van der Waals surface area contributed by atoms with Crippen molar-refractivity contribution in [1.82, 2.24) is 0 Å². The van der Waals surface area contributed by atoms with Crippen molar-refractivity contribution >= 4 is 30.0 Å². The van der Waals surface area contributed by atoms with Crippen molar-refractivity contribution in [3.63, 3.8) is 0 Å². The van der Waals surface area contributed by atoms with Gasteiger partial charge in [0.05, 0.1) is 0 Å². The van der Waals surface area contributed by atoms with Crippen LogP contribution in [0.15, 0.2) is 24.3 Å². The molecular formula is C12H14Cl2F3NO2. The SMILES string of the molecule is Cl.N[C@@H](CCc1ccc(Cl)cc1)C(=O)OCC(F)(F)F. The Morgan fingerprint density at radius 3 is 2.35 bits per heavy atom. The fourth-order valence-corrected chi connectivity index (χ4v) is 1.48. The second-order valence-electron chi connectivity index (χ2n) is 3.99. The Morgan fingerprint density at radius 2 is 1.85 bits per heavy atom. The maximum absolute atomic E-state index is 11.8. The highest BCUT2D eigenvalue weighted by atomic mass is 35.5. The van der Waals surface area contributed by atoms with Crippen molar-refractivity contribution in [2.45, 2.75) is 25.1 Å². The van der Waals surface area contributed by atoms with E-state index in [0.29, 0.717) is 11.4 Å². The number of rotatable bonds is 5. The first-order valence-corrected chi connectivity index (χ1v) is 5.89. The van der Waals surface area contributed by atoms with Crippen LogP contribution in [-0.4, -0.2) is 24.8 Å². The molecule has 114 valence electrons. The average molecular weight is 332 g/mol. The minimum atomic E-state index is -4.54. The molecule has 0 radical (unpaired) electrons. The third kappa shape index (κ3) is 7.57. The molecule has 1 aromatic carbocycles. The molecular weight excluding hydrogens is 318 g/mol. The molecule has 1 aromatic rings. The molecule has 0 amide bonds. The van der Waals surface area contributed by atoms with E-state index in [9.17, 15) is 18.0 Å². The van der Waals surface area contributed by atoms with E-state index in [-0.39, 0.29) is 18.8 Å². The Labute approximate surface area is 125 Å². The normalized spacial score (nSPS) is 12.4. The maximum atomic E-state index is 11.8. The summed E-state index contributed by atoms with van der Waals surface area (Å²) in [4.78, 5) is 11.2. The maximum Gasteiger partial charge on any atom is 0.422 e. The third-order valence-electron chi connectivity index (χ3n) is 2.34. The molecule has 0 aliphatic rings. The molecule has 0 unspecified atom stereocenters. The van der Waals surface area contributed by atoms with E-state index in [4.69, 9.17) is 17.3 Å². The van der Waals surface area contributed by atoms with Gasteiger partial charge in [0.25, 0.3) is 0 Å². The van der Waals surface area contributed by atoms with Gasteiger partial charge in [-0.15, -0.1) is 12.4 Å². The van der Waals surface area contributed by atoms with E-state index in [1.54, 1.807) is 24.3 Å². The van der Waals surface area contributed by atoms with Gasteiger partial charge in [-0.1, -0.05) is 23.7 Å². The van der Waals surface area contributed by atoms with E-state index in [2.05, 4.69) is 4.74 Å². The number of halogens is 5. The van der Waals surface area contributed by atoms with E-state index in [1.807, 2.05) is 0 Å². The number of ether oxygens (including phenoxy) is 1. The number of carbonyl (C=O) groups is 1. The van der Waals surface area contributed by atoms with E-state index >= 15 is 0 Å². The van der Waals surface area contributed by atoms with Gasteiger partial charge in [-0.25, -0.2) is 0 Å². The second-order valence-corrected chi connectivity index (χ2v) is 4.43. The molecule has 0 spiro atoms. The standard InChI is InChI=1S/C12H13ClF3NO2.ClH/c13-9-4-1-8(2-5-9)3-6-10(17)11(18)19-7-12(14,15)16;/h1-2,4-5,10H,3,6-7,17H2;1H/t10-;/m0./s1. The van der Waals surface area contributed by atoms with Gasteiger partial charge in [0, 0.05) is 5.02 Å². The van der Waals surface area contributed by atoms with Crippen LogP contribution < -0.4 is 5.73 Å². The van der Waals surface area contributed by atoms with Gasteiger partial charge in [-0.3, -0.25) is 4.79 Å². The fourth-order valence-electron chi connectivity index (χ4n) is 1.35. The minimum absolute atomic E-state index is 0. The van der Waals surface area contributed by atoms with Crippen molar-refractivity contribution in [2.24, 2.45) is 5.73 Å². The Kier molecular flexibility index (Phi) is 7.93. The Morgan fingerprint density at radius 1 is 1.30 bits per heavy atom. The molecule has 0 heterocycles. The zero-order valence-electron chi connectivity index (χ0n) is 10.3. The van der Waals surface area contributed by atoms with Crippen LogP contribution in [0.2, 0.25) is 5.02 Å². The second kappa shape index (κ2) is 8.34. The summed E-state index contributed by atoms with van der Waals surface area (Å²) < 4.78 is 39.6. The predicted octanol–water partition coefficient (Wildman–Crippen LogP) is 3.13. The molecule has 0 aromatic heterocycles. The highest BCUT2D eigenvalue weighted by Crippen LogP contribution is 2.15. The van der Waals surface area contributed by atoms with Gasteiger partial charge in [-0.05, 0) is 30.5 Å². The van der Waals surface area contributed by atoms with Gasteiger partial charge in [0.2, 0.25) is 0 Å². The molecule has 20 heavy (non-hydrogen) atoms. The number of aryl methyl sites for hydroxylation is 1. The number of hydrogen-bond donors (Lipinski definition) is 1. The fraction of sp³-hybridized carbons (Fsp3) is 0.417. The summed E-state index contributed by atoms with van der Waals surface area (Å²) in [5.41, 5.74) is 6.35. The van der Waals surface area contributed by atoms with Gasteiger partial charge in [0.1, 0.15) is 6.04 Å². The first kappa shape index (κ1) is 19.0.